The van der Waals surface area contributed by atoms with Crippen LogP contribution in [0.2, 0.25) is 0 Å². The quantitative estimate of drug-likeness (QED) is 0.0837. The number of benzene rings is 4. The Labute approximate surface area is 334 Å². The van der Waals surface area contributed by atoms with Crippen molar-refractivity contribution in [2.75, 3.05) is 33.1 Å². The highest BCUT2D eigenvalue weighted by molar-refractivity contribution is 6.12. The van der Waals surface area contributed by atoms with E-state index in [2.05, 4.69) is 4.98 Å². The number of hydrogen-bond donors (Lipinski definition) is 2. The number of carbonyl (C=O) groups excluding carboxylic acids is 1. The number of nitro groups is 6. The molecule has 4 aromatic carbocycles. The zero-order valence-electron chi connectivity index (χ0n) is 31.7. The van der Waals surface area contributed by atoms with Gasteiger partial charge in [0.05, 0.1) is 76.9 Å². The van der Waals surface area contributed by atoms with Gasteiger partial charge < -0.3 is 20.0 Å². The summed E-state index contributed by atoms with van der Waals surface area (Å²) >= 11 is 0. The van der Waals surface area contributed by atoms with Crippen LogP contribution in [0.4, 0.5) is 44.2 Å². The minimum Gasteiger partial charge on any atom is -0.497 e. The predicted octanol–water partition coefficient (Wildman–Crippen LogP) is 5.91. The van der Waals surface area contributed by atoms with E-state index < -0.39 is 81.0 Å². The molecule has 0 aliphatic heterocycles. The number of imidazole rings is 1. The van der Waals surface area contributed by atoms with Gasteiger partial charge in [-0.25, -0.2) is 9.37 Å². The molecule has 0 bridgehead atoms. The van der Waals surface area contributed by atoms with Gasteiger partial charge in [0.25, 0.3) is 22.9 Å². The number of halogens is 1. The summed E-state index contributed by atoms with van der Waals surface area (Å²) in [7, 11) is 7.78. The molecule has 5 rings (SSSR count). The lowest BCUT2D eigenvalue weighted by Gasteiger charge is -2.20. The molecule has 60 heavy (non-hydrogen) atoms. The van der Waals surface area contributed by atoms with E-state index >= 15 is 0 Å². The summed E-state index contributed by atoms with van der Waals surface area (Å²) in [6.45, 7) is 2.57. The molecule has 0 saturated carbocycles. The number of ketones is 1. The molecule has 0 unspecified atom stereocenters. The monoisotopic (exact) mass is 838 g/mol. The number of rotatable bonds is 12. The van der Waals surface area contributed by atoms with Gasteiger partial charge in [0.2, 0.25) is 0 Å². The number of anilines is 1. The van der Waals surface area contributed by atoms with Gasteiger partial charge in [-0.2, -0.15) is 0 Å². The van der Waals surface area contributed by atoms with Crippen LogP contribution in [0, 0.1) is 73.4 Å². The average molecular weight is 839 g/mol. The van der Waals surface area contributed by atoms with E-state index in [0.29, 0.717) is 42.1 Å². The lowest BCUT2D eigenvalue weighted by atomic mass is 10.00. The Bertz CT molecular complexity index is 2380. The first-order valence-corrected chi connectivity index (χ1v) is 16.4. The summed E-state index contributed by atoms with van der Waals surface area (Å²) in [5, 5.41) is 80.4. The van der Waals surface area contributed by atoms with E-state index in [-0.39, 0.29) is 11.3 Å². The number of phenolic OH excluding ortho intramolecular Hbond substituents is 2. The Morgan fingerprint density at radius 2 is 1.10 bits per heavy atom. The molecule has 5 aromatic rings. The van der Waals surface area contributed by atoms with Crippen molar-refractivity contribution in [2.24, 2.45) is 0 Å². The highest BCUT2D eigenvalue weighted by atomic mass is 19.1. The number of carbonyl (C=O) groups is 1. The van der Waals surface area contributed by atoms with Crippen LogP contribution in [-0.4, -0.2) is 88.2 Å². The number of hydrogen-bond acceptors (Lipinski definition) is 18. The Morgan fingerprint density at radius 1 is 0.667 bits per heavy atom. The van der Waals surface area contributed by atoms with Gasteiger partial charge in [-0.15, -0.1) is 0 Å². The first-order chi connectivity index (χ1) is 28.0. The van der Waals surface area contributed by atoms with Crippen molar-refractivity contribution in [1.29, 1.82) is 0 Å². The number of aromatic hydroxyl groups is 2. The molecule has 0 spiro atoms. The smallest absolute Gasteiger partial charge is 0.324 e. The zero-order valence-corrected chi connectivity index (χ0v) is 31.7. The third kappa shape index (κ3) is 10.6. The molecular formula is C34H31FN10O15. The fourth-order valence-electron chi connectivity index (χ4n) is 5.17. The molecule has 0 amide bonds. The molecule has 0 aliphatic carbocycles. The van der Waals surface area contributed by atoms with Crippen molar-refractivity contribution >= 4 is 45.6 Å². The molecule has 0 fully saturated rings. The lowest BCUT2D eigenvalue weighted by Crippen LogP contribution is -2.17. The maximum Gasteiger partial charge on any atom is 0.324 e. The standard InChI is InChI=1S/C22H25FN4O.2C6H3N3O7/c1-15-24-13-17(14-25(2)3)27(15)21-11-10-16(26(4)5)12-19(21)22(28)18-8-6-7-9-20(18)23;2*10-6-4(8(13)14)1-3(7(11)12)2-5(6)9(15)16/h6-13H,14H2,1-5H3;2*1-2,10H. The Kier molecular flexibility index (Phi) is 14.6. The van der Waals surface area contributed by atoms with E-state index in [0.717, 1.165) is 17.2 Å². The SMILES string of the molecule is Cc1ncc(CN(C)C)n1-c1ccc(N(C)C)cc1C(=O)c1ccccc1F.O=[N+]([O-])c1cc([N+](=O)[O-])c(O)c([N+](=O)[O-])c1.O=[N+]([O-])c1cc([N+](=O)[O-])c(O)c([N+](=O)[O-])c1. The molecule has 25 nitrogen and oxygen atoms in total. The van der Waals surface area contributed by atoms with Crippen LogP contribution in [0.1, 0.15) is 27.4 Å². The second-order valence-electron chi connectivity index (χ2n) is 12.5. The predicted molar refractivity (Wildman–Crippen MR) is 206 cm³/mol. The van der Waals surface area contributed by atoms with Crippen LogP contribution in [-0.2, 0) is 6.54 Å². The van der Waals surface area contributed by atoms with Crippen molar-refractivity contribution in [1.82, 2.24) is 14.5 Å². The summed E-state index contributed by atoms with van der Waals surface area (Å²) < 4.78 is 16.3. The van der Waals surface area contributed by atoms with Crippen LogP contribution in [0.5, 0.6) is 11.5 Å². The van der Waals surface area contributed by atoms with E-state index in [9.17, 15) is 69.9 Å². The van der Waals surface area contributed by atoms with Gasteiger partial charge in [0.1, 0.15) is 11.6 Å². The topological polar surface area (TPSA) is 341 Å². The second-order valence-corrected chi connectivity index (χ2v) is 12.5. The molecule has 1 aromatic heterocycles. The third-order valence-corrected chi connectivity index (χ3v) is 7.91. The molecule has 0 saturated heterocycles. The number of aromatic nitrogens is 2. The van der Waals surface area contributed by atoms with E-state index in [4.69, 9.17) is 10.2 Å². The number of nitro benzene ring substituents is 6. The number of aryl methyl sites for hydroxylation is 1. The van der Waals surface area contributed by atoms with Gasteiger partial charge in [0.15, 0.2) is 5.78 Å². The van der Waals surface area contributed by atoms with Crippen molar-refractivity contribution in [3.8, 4) is 17.2 Å². The summed E-state index contributed by atoms with van der Waals surface area (Å²) in [6, 6.07) is 13.5. The Morgan fingerprint density at radius 3 is 1.47 bits per heavy atom. The number of nitrogens with zero attached hydrogens (tertiary/aromatic N) is 10. The van der Waals surface area contributed by atoms with Crippen molar-refractivity contribution < 1.29 is 48.9 Å². The summed E-state index contributed by atoms with van der Waals surface area (Å²) in [6.07, 6.45) is 1.81. The molecule has 314 valence electrons. The van der Waals surface area contributed by atoms with Crippen LogP contribution < -0.4 is 4.90 Å². The Hall–Kier alpha value is -8.55. The minimum absolute atomic E-state index is 0.0617. The van der Waals surface area contributed by atoms with Crippen LogP contribution in [0.3, 0.4) is 0 Å². The highest BCUT2D eigenvalue weighted by Gasteiger charge is 2.31. The van der Waals surface area contributed by atoms with Gasteiger partial charge in [0, 0.05) is 31.9 Å². The van der Waals surface area contributed by atoms with Crippen molar-refractivity contribution in [3.63, 3.8) is 0 Å². The fraction of sp³-hybridized carbons (Fsp3) is 0.176. The van der Waals surface area contributed by atoms with Crippen LogP contribution in [0.25, 0.3) is 5.69 Å². The van der Waals surface area contributed by atoms with Gasteiger partial charge >= 0.3 is 22.7 Å². The molecule has 2 N–H and O–H groups in total. The van der Waals surface area contributed by atoms with Crippen molar-refractivity contribution in [3.05, 3.63) is 162 Å². The average Bonchev–Trinajstić information content (AvgIpc) is 3.52. The number of non-ortho nitro benzene ring substituents is 2. The fourth-order valence-corrected chi connectivity index (χ4v) is 5.17. The van der Waals surface area contributed by atoms with Crippen LogP contribution >= 0.6 is 0 Å². The normalized spacial score (nSPS) is 10.4. The van der Waals surface area contributed by atoms with Gasteiger partial charge in [-0.1, -0.05) is 12.1 Å². The Balaban J connectivity index is 0.000000258. The first kappa shape index (κ1) is 45.8. The number of phenols is 2. The molecule has 0 atom stereocenters. The molecule has 26 heteroatoms. The van der Waals surface area contributed by atoms with Gasteiger partial charge in [-0.05, 0) is 51.4 Å². The van der Waals surface area contributed by atoms with E-state index in [1.807, 2.05) is 73.9 Å². The minimum atomic E-state index is -1.21. The molecular weight excluding hydrogens is 807 g/mol. The first-order valence-electron chi connectivity index (χ1n) is 16.4. The lowest BCUT2D eigenvalue weighted by molar-refractivity contribution is -0.404. The summed E-state index contributed by atoms with van der Waals surface area (Å²) in [4.78, 5) is 77.2. The molecule has 0 radical (unpaired) electrons. The molecule has 1 heterocycles. The highest BCUT2D eigenvalue weighted by Crippen LogP contribution is 2.40. The summed E-state index contributed by atoms with van der Waals surface area (Å²) in [5.41, 5.74) is -2.97. The molecule has 0 aliphatic rings. The third-order valence-electron chi connectivity index (χ3n) is 7.91. The van der Waals surface area contributed by atoms with Crippen molar-refractivity contribution in [2.45, 2.75) is 13.5 Å². The second kappa shape index (κ2) is 19.1. The largest absolute Gasteiger partial charge is 0.497 e. The maximum absolute atomic E-state index is 14.3. The summed E-state index contributed by atoms with van der Waals surface area (Å²) in [5.74, 6) is -2.51. The van der Waals surface area contributed by atoms with Gasteiger partial charge in [-0.3, -0.25) is 70.0 Å². The van der Waals surface area contributed by atoms with E-state index in [1.54, 1.807) is 12.1 Å². The zero-order chi connectivity index (χ0) is 45.3. The van der Waals surface area contributed by atoms with Crippen LogP contribution in [0.15, 0.2) is 72.9 Å². The van der Waals surface area contributed by atoms with E-state index in [1.165, 1.54) is 12.1 Å². The maximum atomic E-state index is 14.3.